The van der Waals surface area contributed by atoms with E-state index in [1.807, 2.05) is 0 Å². The van der Waals surface area contributed by atoms with E-state index in [1.54, 1.807) is 6.07 Å². The van der Waals surface area contributed by atoms with Crippen molar-refractivity contribution in [2.75, 3.05) is 4.90 Å². The molecule has 0 radical (unpaired) electrons. The summed E-state index contributed by atoms with van der Waals surface area (Å²) >= 11 is 0.954. The highest BCUT2D eigenvalue weighted by molar-refractivity contribution is 7.18. The quantitative estimate of drug-likeness (QED) is 0.474. The van der Waals surface area contributed by atoms with Crippen molar-refractivity contribution >= 4 is 29.4 Å². The third-order valence-corrected chi connectivity index (χ3v) is 7.53. The molecule has 4 nitrogen and oxygen atoms in total. The first kappa shape index (κ1) is 24.4. The number of carbonyl (C=O) groups is 2. The molecule has 1 amide bonds. The molecule has 2 fully saturated rings. The second-order valence-corrected chi connectivity index (χ2v) is 9.86. The molecule has 174 valence electrons. The lowest BCUT2D eigenvalue weighted by atomic mass is 9.91. The van der Waals surface area contributed by atoms with E-state index in [1.165, 1.54) is 43.1 Å². The number of hydrogen-bond acceptors (Lipinski definition) is 3. The van der Waals surface area contributed by atoms with Gasteiger partial charge in [0.2, 0.25) is 6.41 Å². The first-order valence-electron chi connectivity index (χ1n) is 11.5. The predicted molar refractivity (Wildman–Crippen MR) is 124 cm³/mol. The van der Waals surface area contributed by atoms with Gasteiger partial charge in [0, 0.05) is 10.9 Å². The molecule has 4 rings (SSSR count). The Labute approximate surface area is 192 Å². The Bertz CT molecular complexity index is 918. The first-order chi connectivity index (χ1) is 15.4. The van der Waals surface area contributed by atoms with E-state index in [0.29, 0.717) is 22.5 Å². The Morgan fingerprint density at radius 3 is 2.12 bits per heavy atom. The fourth-order valence-corrected chi connectivity index (χ4v) is 5.52. The molecule has 32 heavy (non-hydrogen) atoms. The Hall–Kier alpha value is -2.28. The molecule has 0 aliphatic heterocycles. The predicted octanol–water partition coefficient (Wildman–Crippen LogP) is 7.27. The van der Waals surface area contributed by atoms with Crippen LogP contribution in [0.4, 0.5) is 14.5 Å². The summed E-state index contributed by atoms with van der Waals surface area (Å²) in [6, 6.07) is 4.97. The zero-order chi connectivity index (χ0) is 23.1. The van der Waals surface area contributed by atoms with Crippen LogP contribution in [0.5, 0.6) is 0 Å². The van der Waals surface area contributed by atoms with Crippen molar-refractivity contribution in [1.29, 1.82) is 0 Å². The fourth-order valence-electron chi connectivity index (χ4n) is 4.52. The van der Waals surface area contributed by atoms with Gasteiger partial charge in [-0.25, -0.2) is 13.6 Å². The zero-order valence-electron chi connectivity index (χ0n) is 18.5. The van der Waals surface area contributed by atoms with Crippen LogP contribution in [0, 0.1) is 17.6 Å². The molecule has 2 saturated carbocycles. The Morgan fingerprint density at radius 1 is 1.00 bits per heavy atom. The molecular formula is C25H31F2NO3S. The highest BCUT2D eigenvalue weighted by Crippen LogP contribution is 2.39. The maximum atomic E-state index is 13.5. The highest BCUT2D eigenvalue weighted by atomic mass is 32.1. The number of carboxylic acids is 1. The minimum absolute atomic E-state index is 0.0254. The molecule has 0 atom stereocenters. The highest BCUT2D eigenvalue weighted by Gasteiger charge is 2.27. The van der Waals surface area contributed by atoms with E-state index >= 15 is 0 Å². The van der Waals surface area contributed by atoms with E-state index in [0.717, 1.165) is 61.5 Å². The molecule has 1 aromatic heterocycles. The van der Waals surface area contributed by atoms with Crippen LogP contribution < -0.4 is 4.90 Å². The van der Waals surface area contributed by atoms with Gasteiger partial charge >= 0.3 is 5.97 Å². The fraction of sp³-hybridized carbons (Fsp3) is 0.520. The molecule has 0 unspecified atom stereocenters. The number of amides is 1. The number of carboxylic acid groups (broad SMARTS) is 1. The number of carbonyl (C=O) groups excluding carboxylic acids is 1. The molecule has 2 aromatic rings. The van der Waals surface area contributed by atoms with E-state index in [9.17, 15) is 23.5 Å². The molecule has 1 N–H and O–H groups in total. The van der Waals surface area contributed by atoms with Crippen molar-refractivity contribution in [2.24, 2.45) is 5.92 Å². The van der Waals surface area contributed by atoms with E-state index < -0.39 is 17.6 Å². The number of hydrogen-bond donors (Lipinski definition) is 1. The Kier molecular flexibility index (Phi) is 8.79. The maximum absolute atomic E-state index is 13.5. The van der Waals surface area contributed by atoms with E-state index in [-0.39, 0.29) is 10.9 Å². The van der Waals surface area contributed by atoms with Gasteiger partial charge in [0.05, 0.1) is 5.69 Å². The number of halogens is 2. The second kappa shape index (κ2) is 11.5. The molecule has 0 saturated heterocycles. The minimum Gasteiger partial charge on any atom is -0.477 e. The lowest BCUT2D eigenvalue weighted by molar-refractivity contribution is -0.108. The standard InChI is InChI=1S/C18H17F2NO3S.C7H14/c19-13-7-6-11(8-14(13)20)16-9-15(17(25-16)18(23)24)21(10-22)12-4-2-1-3-5-12;1-7-5-3-2-4-6-7/h6-10,12H,1-5H2,(H,23,24);7H,2-6H2,1H3. The van der Waals surface area contributed by atoms with Crippen molar-refractivity contribution < 1.29 is 23.5 Å². The van der Waals surface area contributed by atoms with Crippen molar-refractivity contribution in [3.8, 4) is 10.4 Å². The van der Waals surface area contributed by atoms with Crippen LogP contribution in [0.2, 0.25) is 0 Å². The monoisotopic (exact) mass is 463 g/mol. The van der Waals surface area contributed by atoms with Crippen LogP contribution in [0.3, 0.4) is 0 Å². The van der Waals surface area contributed by atoms with Gasteiger partial charge in [-0.1, -0.05) is 64.4 Å². The van der Waals surface area contributed by atoms with Crippen LogP contribution in [-0.2, 0) is 4.79 Å². The molecular weight excluding hydrogens is 432 g/mol. The van der Waals surface area contributed by atoms with Crippen LogP contribution in [-0.4, -0.2) is 23.5 Å². The lowest BCUT2D eigenvalue weighted by Crippen LogP contribution is -2.36. The van der Waals surface area contributed by atoms with Crippen molar-refractivity contribution in [3.63, 3.8) is 0 Å². The van der Waals surface area contributed by atoms with E-state index in [4.69, 9.17) is 0 Å². The average Bonchev–Trinajstić information content (AvgIpc) is 3.23. The second-order valence-electron chi connectivity index (χ2n) is 8.81. The van der Waals surface area contributed by atoms with Crippen LogP contribution in [0.1, 0.15) is 80.8 Å². The minimum atomic E-state index is -1.14. The Morgan fingerprint density at radius 2 is 1.62 bits per heavy atom. The summed E-state index contributed by atoms with van der Waals surface area (Å²) < 4.78 is 26.6. The summed E-state index contributed by atoms with van der Waals surface area (Å²) in [5, 5.41) is 9.50. The molecule has 1 heterocycles. The summed E-state index contributed by atoms with van der Waals surface area (Å²) in [6.45, 7) is 2.36. The number of anilines is 1. The lowest BCUT2D eigenvalue weighted by Gasteiger charge is -2.31. The van der Waals surface area contributed by atoms with Gasteiger partial charge in [-0.3, -0.25) is 4.79 Å². The smallest absolute Gasteiger partial charge is 0.348 e. The summed E-state index contributed by atoms with van der Waals surface area (Å²) in [6.07, 6.45) is 12.9. The van der Waals surface area contributed by atoms with Crippen LogP contribution in [0.25, 0.3) is 10.4 Å². The van der Waals surface area contributed by atoms with Gasteiger partial charge in [-0.15, -0.1) is 11.3 Å². The van der Waals surface area contributed by atoms with Gasteiger partial charge in [0.25, 0.3) is 0 Å². The van der Waals surface area contributed by atoms with Crippen molar-refractivity contribution in [2.45, 2.75) is 77.2 Å². The van der Waals surface area contributed by atoms with Gasteiger partial charge in [-0.05, 0) is 42.5 Å². The molecule has 0 bridgehead atoms. The molecule has 0 spiro atoms. The number of nitrogens with zero attached hydrogens (tertiary/aromatic N) is 1. The normalized spacial score (nSPS) is 17.3. The maximum Gasteiger partial charge on any atom is 0.348 e. The SMILES string of the molecule is CC1CCCCC1.O=CN(c1cc(-c2ccc(F)c(F)c2)sc1C(=O)O)C1CCCCC1. The number of benzene rings is 1. The topological polar surface area (TPSA) is 57.6 Å². The van der Waals surface area contributed by atoms with E-state index in [2.05, 4.69) is 6.92 Å². The van der Waals surface area contributed by atoms with Crippen LogP contribution in [0.15, 0.2) is 24.3 Å². The number of rotatable bonds is 5. The average molecular weight is 464 g/mol. The molecule has 1 aromatic carbocycles. The summed E-state index contributed by atoms with van der Waals surface area (Å²) in [4.78, 5) is 25.3. The third-order valence-electron chi connectivity index (χ3n) is 6.36. The van der Waals surface area contributed by atoms with Gasteiger partial charge < -0.3 is 10.0 Å². The molecule has 2 aliphatic rings. The van der Waals surface area contributed by atoms with Gasteiger partial charge in [0.1, 0.15) is 4.88 Å². The first-order valence-corrected chi connectivity index (χ1v) is 12.3. The van der Waals surface area contributed by atoms with Crippen molar-refractivity contribution in [1.82, 2.24) is 0 Å². The zero-order valence-corrected chi connectivity index (χ0v) is 19.3. The van der Waals surface area contributed by atoms with Crippen molar-refractivity contribution in [3.05, 3.63) is 40.8 Å². The van der Waals surface area contributed by atoms with Gasteiger partial charge in [0.15, 0.2) is 11.6 Å². The van der Waals surface area contributed by atoms with Crippen LogP contribution >= 0.6 is 11.3 Å². The number of aromatic carboxylic acids is 1. The summed E-state index contributed by atoms with van der Waals surface area (Å²) in [5.41, 5.74) is 0.700. The summed E-state index contributed by atoms with van der Waals surface area (Å²) in [5.74, 6) is -2.06. The third kappa shape index (κ3) is 6.15. The van der Waals surface area contributed by atoms with Gasteiger partial charge in [-0.2, -0.15) is 0 Å². The molecule has 7 heteroatoms. The molecule has 2 aliphatic carbocycles. The largest absolute Gasteiger partial charge is 0.477 e. The summed E-state index contributed by atoms with van der Waals surface area (Å²) in [7, 11) is 0. The number of thiophene rings is 1. The Balaban J connectivity index is 0.000000352.